The normalized spacial score (nSPS) is 22.0. The van der Waals surface area contributed by atoms with Crippen LogP contribution in [0.3, 0.4) is 0 Å². The first-order chi connectivity index (χ1) is 9.10. The molecule has 0 spiro atoms. The lowest BCUT2D eigenvalue weighted by molar-refractivity contribution is 0.0944. The van der Waals surface area contributed by atoms with Crippen molar-refractivity contribution < 1.29 is 4.42 Å². The Morgan fingerprint density at radius 3 is 2.89 bits per heavy atom. The number of nitrogens with one attached hydrogen (secondary N) is 1. The lowest BCUT2D eigenvalue weighted by Gasteiger charge is -2.37. The summed E-state index contributed by atoms with van der Waals surface area (Å²) in [6.45, 7) is 12.7. The molecule has 1 atom stereocenters. The smallest absolute Gasteiger partial charge is 0.118 e. The molecule has 1 aliphatic rings. The van der Waals surface area contributed by atoms with Crippen molar-refractivity contribution in [1.29, 1.82) is 0 Å². The van der Waals surface area contributed by atoms with E-state index in [-0.39, 0.29) is 0 Å². The molecule has 0 aliphatic carbocycles. The summed E-state index contributed by atoms with van der Waals surface area (Å²) < 4.78 is 5.88. The van der Waals surface area contributed by atoms with Gasteiger partial charge in [0.1, 0.15) is 11.5 Å². The number of nitrogens with zero attached hydrogens (tertiary/aromatic N) is 2. The number of likely N-dealkylation sites (N-methyl/N-ethyl adjacent to an activating group) is 1. The van der Waals surface area contributed by atoms with Gasteiger partial charge in [0, 0.05) is 37.8 Å². The lowest BCUT2D eigenvalue weighted by Crippen LogP contribution is -2.49. The number of furan rings is 1. The first-order valence-electron chi connectivity index (χ1n) is 7.31. The van der Waals surface area contributed by atoms with Crippen LogP contribution < -0.4 is 5.32 Å². The van der Waals surface area contributed by atoms with Gasteiger partial charge in [-0.1, -0.05) is 6.92 Å². The summed E-state index contributed by atoms with van der Waals surface area (Å²) in [6, 6.07) is 2.84. The predicted molar refractivity (Wildman–Crippen MR) is 78.2 cm³/mol. The monoisotopic (exact) mass is 265 g/mol. The number of piperazine rings is 1. The van der Waals surface area contributed by atoms with E-state index in [0.717, 1.165) is 50.8 Å². The minimum atomic E-state index is 0.631. The second-order valence-corrected chi connectivity index (χ2v) is 5.64. The molecule has 1 aliphatic heterocycles. The summed E-state index contributed by atoms with van der Waals surface area (Å²) in [5.74, 6) is 2.15. The zero-order chi connectivity index (χ0) is 13.8. The van der Waals surface area contributed by atoms with E-state index < -0.39 is 0 Å². The van der Waals surface area contributed by atoms with Crippen molar-refractivity contribution >= 4 is 0 Å². The van der Waals surface area contributed by atoms with Gasteiger partial charge < -0.3 is 14.6 Å². The molecule has 4 nitrogen and oxygen atoms in total. The summed E-state index contributed by atoms with van der Waals surface area (Å²) in [5, 5.41) is 3.35. The fraction of sp³-hybridized carbons (Fsp3) is 0.733. The molecule has 108 valence electrons. The van der Waals surface area contributed by atoms with Crippen LogP contribution in [0.25, 0.3) is 0 Å². The molecule has 1 unspecified atom stereocenters. The summed E-state index contributed by atoms with van der Waals surface area (Å²) >= 11 is 0. The van der Waals surface area contributed by atoms with Crippen LogP contribution in [0, 0.1) is 6.92 Å². The van der Waals surface area contributed by atoms with Crippen LogP contribution in [0.1, 0.15) is 30.9 Å². The Bertz CT molecular complexity index is 402. The third-order valence-corrected chi connectivity index (χ3v) is 4.06. The van der Waals surface area contributed by atoms with Gasteiger partial charge in [-0.3, -0.25) is 4.90 Å². The number of hydrogen-bond acceptors (Lipinski definition) is 4. The summed E-state index contributed by atoms with van der Waals surface area (Å²) in [5.41, 5.74) is 1.29. The average Bonchev–Trinajstić information content (AvgIpc) is 2.72. The molecule has 0 bridgehead atoms. The van der Waals surface area contributed by atoms with Crippen molar-refractivity contribution in [3.05, 3.63) is 23.2 Å². The zero-order valence-electron chi connectivity index (χ0n) is 12.7. The molecule has 1 aromatic heterocycles. The van der Waals surface area contributed by atoms with Gasteiger partial charge in [0.15, 0.2) is 0 Å². The van der Waals surface area contributed by atoms with E-state index in [9.17, 15) is 0 Å². The van der Waals surface area contributed by atoms with Gasteiger partial charge in [-0.25, -0.2) is 0 Å². The third kappa shape index (κ3) is 3.81. The molecule has 0 saturated carbocycles. The van der Waals surface area contributed by atoms with Crippen molar-refractivity contribution in [3.63, 3.8) is 0 Å². The van der Waals surface area contributed by atoms with Gasteiger partial charge in [0.05, 0.1) is 6.54 Å². The van der Waals surface area contributed by atoms with Gasteiger partial charge >= 0.3 is 0 Å². The third-order valence-electron chi connectivity index (χ3n) is 4.06. The van der Waals surface area contributed by atoms with Crippen LogP contribution in [0.4, 0.5) is 0 Å². The van der Waals surface area contributed by atoms with Gasteiger partial charge in [-0.05, 0) is 33.5 Å². The van der Waals surface area contributed by atoms with E-state index in [4.69, 9.17) is 4.42 Å². The van der Waals surface area contributed by atoms with Gasteiger partial charge in [0.2, 0.25) is 0 Å². The Morgan fingerprint density at radius 2 is 2.21 bits per heavy atom. The highest BCUT2D eigenvalue weighted by Gasteiger charge is 2.21. The molecular formula is C15H27N3O. The van der Waals surface area contributed by atoms with Gasteiger partial charge in [0.25, 0.3) is 0 Å². The molecule has 4 heteroatoms. The Labute approximate surface area is 116 Å². The highest BCUT2D eigenvalue weighted by atomic mass is 16.3. The number of hydrogen-bond donors (Lipinski definition) is 1. The highest BCUT2D eigenvalue weighted by Crippen LogP contribution is 2.18. The molecule has 1 fully saturated rings. The van der Waals surface area contributed by atoms with Crippen LogP contribution in [0.2, 0.25) is 0 Å². The molecule has 0 amide bonds. The summed E-state index contributed by atoms with van der Waals surface area (Å²) in [6.07, 6.45) is 0. The first kappa shape index (κ1) is 14.6. The van der Waals surface area contributed by atoms with Crippen molar-refractivity contribution in [2.75, 3.05) is 33.2 Å². The quantitative estimate of drug-likeness (QED) is 0.880. The minimum Gasteiger partial charge on any atom is -0.465 e. The van der Waals surface area contributed by atoms with E-state index in [1.54, 1.807) is 0 Å². The molecule has 19 heavy (non-hydrogen) atoms. The maximum Gasteiger partial charge on any atom is 0.118 e. The van der Waals surface area contributed by atoms with Gasteiger partial charge in [-0.2, -0.15) is 0 Å². The Kier molecular flexibility index (Phi) is 5.02. The summed E-state index contributed by atoms with van der Waals surface area (Å²) in [7, 11) is 2.20. The standard InChI is InChI=1S/C15H27N3O/c1-5-16-9-14-8-15(19-13(14)3)11-18-7-6-17(4)12(2)10-18/h8,12,16H,5-7,9-11H2,1-4H3. The SMILES string of the molecule is CCNCc1cc(CN2CCN(C)C(C)C2)oc1C. The second-order valence-electron chi connectivity index (χ2n) is 5.64. The topological polar surface area (TPSA) is 31.6 Å². The average molecular weight is 265 g/mol. The molecule has 1 saturated heterocycles. The van der Waals surface area contributed by atoms with Crippen LogP contribution in [0.5, 0.6) is 0 Å². The Hall–Kier alpha value is -0.840. The van der Waals surface area contributed by atoms with Gasteiger partial charge in [-0.15, -0.1) is 0 Å². The number of rotatable bonds is 5. The number of aryl methyl sites for hydroxylation is 1. The fourth-order valence-corrected chi connectivity index (χ4v) is 2.59. The second kappa shape index (κ2) is 6.55. The zero-order valence-corrected chi connectivity index (χ0v) is 12.7. The maximum absolute atomic E-state index is 5.88. The Morgan fingerprint density at radius 1 is 1.42 bits per heavy atom. The summed E-state index contributed by atoms with van der Waals surface area (Å²) in [4.78, 5) is 4.90. The predicted octanol–water partition coefficient (Wildman–Crippen LogP) is 1.83. The van der Waals surface area contributed by atoms with Crippen LogP contribution in [0.15, 0.2) is 10.5 Å². The maximum atomic E-state index is 5.88. The van der Waals surface area contributed by atoms with E-state index in [0.29, 0.717) is 6.04 Å². The Balaban J connectivity index is 1.92. The molecular weight excluding hydrogens is 238 g/mol. The van der Waals surface area contributed by atoms with Crippen LogP contribution >= 0.6 is 0 Å². The van der Waals surface area contributed by atoms with E-state index in [2.05, 4.69) is 49.0 Å². The largest absolute Gasteiger partial charge is 0.465 e. The first-order valence-corrected chi connectivity index (χ1v) is 7.31. The molecule has 2 rings (SSSR count). The van der Waals surface area contributed by atoms with Crippen molar-refractivity contribution in [2.45, 2.75) is 39.9 Å². The highest BCUT2D eigenvalue weighted by molar-refractivity contribution is 5.20. The van der Waals surface area contributed by atoms with E-state index >= 15 is 0 Å². The van der Waals surface area contributed by atoms with Crippen molar-refractivity contribution in [3.8, 4) is 0 Å². The van der Waals surface area contributed by atoms with Crippen LogP contribution in [-0.4, -0.2) is 49.1 Å². The van der Waals surface area contributed by atoms with E-state index in [1.807, 2.05) is 0 Å². The molecule has 0 aromatic carbocycles. The molecule has 2 heterocycles. The molecule has 1 N–H and O–H groups in total. The fourth-order valence-electron chi connectivity index (χ4n) is 2.59. The van der Waals surface area contributed by atoms with Crippen LogP contribution in [-0.2, 0) is 13.1 Å². The lowest BCUT2D eigenvalue weighted by atomic mass is 10.2. The molecule has 1 aromatic rings. The van der Waals surface area contributed by atoms with Crippen molar-refractivity contribution in [2.24, 2.45) is 0 Å². The van der Waals surface area contributed by atoms with Crippen molar-refractivity contribution in [1.82, 2.24) is 15.1 Å². The molecule has 0 radical (unpaired) electrons. The van der Waals surface area contributed by atoms with E-state index in [1.165, 1.54) is 5.56 Å². The minimum absolute atomic E-state index is 0.631.